The number of fused-ring (bicyclic) bond motifs is 1. The Kier molecular flexibility index (Phi) is 4.36. The van der Waals surface area contributed by atoms with Crippen molar-refractivity contribution < 1.29 is 0 Å². The lowest BCUT2D eigenvalue weighted by atomic mass is 10.1. The first-order valence-corrected chi connectivity index (χ1v) is 7.93. The van der Waals surface area contributed by atoms with E-state index in [2.05, 4.69) is 62.0 Å². The predicted octanol–water partition coefficient (Wildman–Crippen LogP) is 3.74. The van der Waals surface area contributed by atoms with Gasteiger partial charge in [-0.15, -0.1) is 0 Å². The summed E-state index contributed by atoms with van der Waals surface area (Å²) in [6.45, 7) is 1.56. The van der Waals surface area contributed by atoms with Crippen molar-refractivity contribution in [2.24, 2.45) is 5.73 Å². The Morgan fingerprint density at radius 3 is 2.86 bits per heavy atom. The highest BCUT2D eigenvalue weighted by Gasteiger charge is 2.08. The third kappa shape index (κ3) is 3.17. The molecule has 2 heterocycles. The van der Waals surface area contributed by atoms with Crippen molar-refractivity contribution in [2.45, 2.75) is 19.4 Å². The summed E-state index contributed by atoms with van der Waals surface area (Å²) in [5.41, 5.74) is 9.48. The standard InChI is InChI=1S/C17H18BrN3/c18-15-8-13(9-20-10-15)11-21-12-14(4-3-7-19)16-5-1-2-6-17(16)21/h1-2,5-6,8-10,12H,3-4,7,11,19H2. The quantitative estimate of drug-likeness (QED) is 0.766. The number of nitrogens with zero attached hydrogens (tertiary/aromatic N) is 2. The minimum Gasteiger partial charge on any atom is -0.343 e. The van der Waals surface area contributed by atoms with Gasteiger partial charge in [0.05, 0.1) is 0 Å². The van der Waals surface area contributed by atoms with Crippen LogP contribution in [0, 0.1) is 0 Å². The number of pyridine rings is 1. The number of rotatable bonds is 5. The smallest absolute Gasteiger partial charge is 0.0491 e. The van der Waals surface area contributed by atoms with E-state index in [-0.39, 0.29) is 0 Å². The van der Waals surface area contributed by atoms with Crippen LogP contribution >= 0.6 is 15.9 Å². The monoisotopic (exact) mass is 343 g/mol. The summed E-state index contributed by atoms with van der Waals surface area (Å²) >= 11 is 3.48. The van der Waals surface area contributed by atoms with Gasteiger partial charge in [-0.2, -0.15) is 0 Å². The van der Waals surface area contributed by atoms with E-state index >= 15 is 0 Å². The zero-order valence-electron chi connectivity index (χ0n) is 11.8. The molecule has 0 fully saturated rings. The van der Waals surface area contributed by atoms with E-state index in [0.717, 1.165) is 30.4 Å². The molecule has 3 aromatic rings. The van der Waals surface area contributed by atoms with Crippen molar-refractivity contribution in [2.75, 3.05) is 6.54 Å². The van der Waals surface area contributed by atoms with Crippen LogP contribution in [0.1, 0.15) is 17.5 Å². The van der Waals surface area contributed by atoms with Crippen LogP contribution in [0.25, 0.3) is 10.9 Å². The molecule has 0 aliphatic carbocycles. The number of hydrogen-bond acceptors (Lipinski definition) is 2. The predicted molar refractivity (Wildman–Crippen MR) is 90.4 cm³/mol. The van der Waals surface area contributed by atoms with E-state index in [1.54, 1.807) is 0 Å². The van der Waals surface area contributed by atoms with Gasteiger partial charge >= 0.3 is 0 Å². The molecule has 0 saturated heterocycles. The van der Waals surface area contributed by atoms with E-state index in [1.165, 1.54) is 22.0 Å². The van der Waals surface area contributed by atoms with Gasteiger partial charge in [0.15, 0.2) is 0 Å². The zero-order valence-corrected chi connectivity index (χ0v) is 13.4. The van der Waals surface area contributed by atoms with E-state index in [9.17, 15) is 0 Å². The summed E-state index contributed by atoms with van der Waals surface area (Å²) in [7, 11) is 0. The van der Waals surface area contributed by atoms with Gasteiger partial charge in [0.1, 0.15) is 0 Å². The normalized spacial score (nSPS) is 11.1. The van der Waals surface area contributed by atoms with Crippen molar-refractivity contribution in [3.8, 4) is 0 Å². The van der Waals surface area contributed by atoms with Gasteiger partial charge in [-0.3, -0.25) is 4.98 Å². The Morgan fingerprint density at radius 2 is 2.05 bits per heavy atom. The SMILES string of the molecule is NCCCc1cn(Cc2cncc(Br)c2)c2ccccc12. The van der Waals surface area contributed by atoms with Crippen LogP contribution in [0.3, 0.4) is 0 Å². The maximum atomic E-state index is 5.65. The first kappa shape index (κ1) is 14.3. The van der Waals surface area contributed by atoms with Crippen molar-refractivity contribution in [3.63, 3.8) is 0 Å². The zero-order chi connectivity index (χ0) is 14.7. The van der Waals surface area contributed by atoms with Crippen molar-refractivity contribution in [3.05, 3.63) is 64.5 Å². The second-order valence-corrected chi connectivity index (χ2v) is 6.12. The van der Waals surface area contributed by atoms with Gasteiger partial charge in [0.25, 0.3) is 0 Å². The third-order valence-corrected chi connectivity index (χ3v) is 4.07. The summed E-state index contributed by atoms with van der Waals surface area (Å²) in [5, 5.41) is 1.33. The highest BCUT2D eigenvalue weighted by Crippen LogP contribution is 2.23. The van der Waals surface area contributed by atoms with Gasteiger partial charge < -0.3 is 10.3 Å². The number of hydrogen-bond donors (Lipinski definition) is 1. The molecule has 0 aliphatic heterocycles. The number of aromatic nitrogens is 2. The molecule has 0 bridgehead atoms. The average molecular weight is 344 g/mol. The maximum absolute atomic E-state index is 5.65. The van der Waals surface area contributed by atoms with Gasteiger partial charge in [-0.1, -0.05) is 18.2 Å². The molecule has 0 saturated carbocycles. The number of aryl methyl sites for hydroxylation is 1. The van der Waals surface area contributed by atoms with Crippen LogP contribution in [0.4, 0.5) is 0 Å². The summed E-state index contributed by atoms with van der Waals surface area (Å²) in [4.78, 5) is 4.24. The van der Waals surface area contributed by atoms with Crippen molar-refractivity contribution >= 4 is 26.8 Å². The summed E-state index contributed by atoms with van der Waals surface area (Å²) in [6.07, 6.45) is 8.03. The van der Waals surface area contributed by atoms with Crippen LogP contribution < -0.4 is 5.73 Å². The summed E-state index contributed by atoms with van der Waals surface area (Å²) in [5.74, 6) is 0. The highest BCUT2D eigenvalue weighted by atomic mass is 79.9. The van der Waals surface area contributed by atoms with Crippen LogP contribution in [-0.2, 0) is 13.0 Å². The molecule has 3 rings (SSSR count). The Labute approximate surface area is 132 Å². The lowest BCUT2D eigenvalue weighted by Crippen LogP contribution is -2.00. The van der Waals surface area contributed by atoms with Crippen LogP contribution in [0.2, 0.25) is 0 Å². The molecule has 2 aromatic heterocycles. The fourth-order valence-corrected chi connectivity index (χ4v) is 3.10. The lowest BCUT2D eigenvalue weighted by molar-refractivity contribution is 0.803. The lowest BCUT2D eigenvalue weighted by Gasteiger charge is -2.05. The fourth-order valence-electron chi connectivity index (χ4n) is 2.68. The Bertz CT molecular complexity index is 749. The minimum atomic E-state index is 0.731. The van der Waals surface area contributed by atoms with Crippen molar-refractivity contribution in [1.29, 1.82) is 0 Å². The first-order valence-electron chi connectivity index (χ1n) is 7.14. The van der Waals surface area contributed by atoms with Crippen LogP contribution in [-0.4, -0.2) is 16.1 Å². The topological polar surface area (TPSA) is 43.8 Å². The molecule has 0 aliphatic rings. The Hall–Kier alpha value is -1.65. The molecule has 3 nitrogen and oxygen atoms in total. The molecule has 4 heteroatoms. The van der Waals surface area contributed by atoms with Gasteiger partial charge in [-0.05, 0) is 58.6 Å². The molecule has 0 radical (unpaired) electrons. The largest absolute Gasteiger partial charge is 0.343 e. The van der Waals surface area contributed by atoms with E-state index < -0.39 is 0 Å². The minimum absolute atomic E-state index is 0.731. The Balaban J connectivity index is 1.98. The second-order valence-electron chi connectivity index (χ2n) is 5.20. The molecular formula is C17H18BrN3. The van der Waals surface area contributed by atoms with Crippen LogP contribution in [0.15, 0.2) is 53.4 Å². The van der Waals surface area contributed by atoms with E-state index in [0.29, 0.717) is 0 Å². The number of para-hydroxylation sites is 1. The first-order chi connectivity index (χ1) is 10.3. The van der Waals surface area contributed by atoms with Gasteiger partial charge in [-0.25, -0.2) is 0 Å². The number of halogens is 1. The molecule has 0 amide bonds. The highest BCUT2D eigenvalue weighted by molar-refractivity contribution is 9.10. The molecule has 108 valence electrons. The summed E-state index contributed by atoms with van der Waals surface area (Å²) in [6, 6.07) is 10.7. The van der Waals surface area contributed by atoms with Gasteiger partial charge in [0, 0.05) is 40.5 Å². The molecule has 0 atom stereocenters. The maximum Gasteiger partial charge on any atom is 0.0491 e. The second kappa shape index (κ2) is 6.41. The van der Waals surface area contributed by atoms with Crippen LogP contribution in [0.5, 0.6) is 0 Å². The third-order valence-electron chi connectivity index (χ3n) is 3.64. The average Bonchev–Trinajstić information content (AvgIpc) is 2.84. The molecule has 0 unspecified atom stereocenters. The number of nitrogens with two attached hydrogens (primary N) is 1. The fraction of sp³-hybridized carbons (Fsp3) is 0.235. The van der Waals surface area contributed by atoms with E-state index in [1.807, 2.05) is 12.4 Å². The summed E-state index contributed by atoms with van der Waals surface area (Å²) < 4.78 is 3.31. The molecule has 21 heavy (non-hydrogen) atoms. The molecule has 1 aromatic carbocycles. The molecule has 0 spiro atoms. The molecular weight excluding hydrogens is 326 g/mol. The molecule has 2 N–H and O–H groups in total. The van der Waals surface area contributed by atoms with Crippen molar-refractivity contribution in [1.82, 2.24) is 9.55 Å². The van der Waals surface area contributed by atoms with E-state index in [4.69, 9.17) is 5.73 Å². The Morgan fingerprint density at radius 1 is 1.19 bits per heavy atom. The van der Waals surface area contributed by atoms with Gasteiger partial charge in [0.2, 0.25) is 0 Å². The number of benzene rings is 1.